The normalized spacial score (nSPS) is 12.0. The van der Waals surface area contributed by atoms with Gasteiger partial charge in [-0.1, -0.05) is 50.2 Å². The van der Waals surface area contributed by atoms with Gasteiger partial charge >= 0.3 is 0 Å². The maximum absolute atomic E-state index is 2.38. The summed E-state index contributed by atoms with van der Waals surface area (Å²) in [5.41, 5.74) is 0. The summed E-state index contributed by atoms with van der Waals surface area (Å²) in [6.45, 7) is 4.67. The van der Waals surface area contributed by atoms with Crippen molar-refractivity contribution in [2.45, 2.75) is 19.8 Å². The average Bonchev–Trinajstić information content (AvgIpc) is 3.09. The quantitative estimate of drug-likeness (QED) is 0.384. The molecule has 0 saturated carbocycles. The Bertz CT molecular complexity index is 787. The standard InChI is InChI=1S/C20H18S2/c1-13(2)20(18-11-14-7-3-5-9-16(14)21-18)19-12-15-8-4-6-10-17(15)22-19/h3-13,20H,1-2H3. The van der Waals surface area contributed by atoms with Crippen LogP contribution in [0, 0.1) is 5.92 Å². The van der Waals surface area contributed by atoms with Crippen LogP contribution in [0.1, 0.15) is 29.5 Å². The van der Waals surface area contributed by atoms with Gasteiger partial charge in [0, 0.05) is 25.1 Å². The number of benzene rings is 2. The minimum atomic E-state index is 0.495. The Kier molecular flexibility index (Phi) is 3.51. The lowest BCUT2D eigenvalue weighted by atomic mass is 9.92. The third-order valence-electron chi connectivity index (χ3n) is 4.17. The molecule has 4 rings (SSSR count). The van der Waals surface area contributed by atoms with E-state index in [1.165, 1.54) is 29.9 Å². The molecule has 22 heavy (non-hydrogen) atoms. The van der Waals surface area contributed by atoms with Crippen molar-refractivity contribution in [2.75, 3.05) is 0 Å². The lowest BCUT2D eigenvalue weighted by Gasteiger charge is -2.17. The maximum atomic E-state index is 2.38. The summed E-state index contributed by atoms with van der Waals surface area (Å²) in [4.78, 5) is 2.98. The fraction of sp³-hybridized carbons (Fsp3) is 0.200. The molecule has 0 unspecified atom stereocenters. The Morgan fingerprint density at radius 3 is 1.55 bits per heavy atom. The predicted octanol–water partition coefficient (Wildman–Crippen LogP) is 6.90. The monoisotopic (exact) mass is 322 g/mol. The molecule has 2 aromatic carbocycles. The minimum Gasteiger partial charge on any atom is -0.140 e. The number of rotatable bonds is 3. The van der Waals surface area contributed by atoms with Crippen LogP contribution in [-0.4, -0.2) is 0 Å². The van der Waals surface area contributed by atoms with Gasteiger partial charge in [0.2, 0.25) is 0 Å². The first-order valence-electron chi connectivity index (χ1n) is 7.69. The highest BCUT2D eigenvalue weighted by atomic mass is 32.1. The molecule has 0 aliphatic rings. The van der Waals surface area contributed by atoms with Crippen LogP contribution < -0.4 is 0 Å². The van der Waals surface area contributed by atoms with Gasteiger partial charge in [0.15, 0.2) is 0 Å². The van der Waals surface area contributed by atoms with E-state index < -0.39 is 0 Å². The lowest BCUT2D eigenvalue weighted by Crippen LogP contribution is -2.04. The van der Waals surface area contributed by atoms with Crippen LogP contribution in [0.3, 0.4) is 0 Å². The fourth-order valence-electron chi connectivity index (χ4n) is 3.11. The van der Waals surface area contributed by atoms with Gasteiger partial charge in [-0.15, -0.1) is 22.7 Å². The summed E-state index contributed by atoms with van der Waals surface area (Å²) >= 11 is 3.89. The zero-order chi connectivity index (χ0) is 15.1. The summed E-state index contributed by atoms with van der Waals surface area (Å²) in [5, 5.41) is 2.74. The highest BCUT2D eigenvalue weighted by Crippen LogP contribution is 2.42. The first kappa shape index (κ1) is 14.0. The van der Waals surface area contributed by atoms with Crippen LogP contribution in [0.5, 0.6) is 0 Å². The highest BCUT2D eigenvalue weighted by Gasteiger charge is 2.22. The van der Waals surface area contributed by atoms with Crippen molar-refractivity contribution in [1.82, 2.24) is 0 Å². The van der Waals surface area contributed by atoms with E-state index in [4.69, 9.17) is 0 Å². The van der Waals surface area contributed by atoms with Crippen LogP contribution in [0.2, 0.25) is 0 Å². The molecule has 0 aliphatic heterocycles. The largest absolute Gasteiger partial charge is 0.140 e. The van der Waals surface area contributed by atoms with Crippen LogP contribution in [0.4, 0.5) is 0 Å². The Labute approximate surface area is 139 Å². The summed E-state index contributed by atoms with van der Waals surface area (Å²) < 4.78 is 2.79. The zero-order valence-electron chi connectivity index (χ0n) is 12.7. The second-order valence-corrected chi connectivity index (χ2v) is 8.33. The van der Waals surface area contributed by atoms with Crippen LogP contribution in [0.15, 0.2) is 60.7 Å². The van der Waals surface area contributed by atoms with Crippen molar-refractivity contribution in [2.24, 2.45) is 5.92 Å². The SMILES string of the molecule is CC(C)C(c1cc2ccccc2s1)c1cc2ccccc2s1. The molecule has 0 nitrogen and oxygen atoms in total. The number of fused-ring (bicyclic) bond motifs is 2. The van der Waals surface area contributed by atoms with Gasteiger partial charge in [-0.05, 0) is 41.0 Å². The molecular formula is C20H18S2. The summed E-state index contributed by atoms with van der Waals surface area (Å²) in [5.74, 6) is 1.09. The molecule has 0 fully saturated rings. The third-order valence-corrected chi connectivity index (χ3v) is 6.57. The van der Waals surface area contributed by atoms with Crippen molar-refractivity contribution in [3.63, 3.8) is 0 Å². The van der Waals surface area contributed by atoms with E-state index in [9.17, 15) is 0 Å². The van der Waals surface area contributed by atoms with Gasteiger partial charge in [0.25, 0.3) is 0 Å². The molecule has 110 valence electrons. The van der Waals surface area contributed by atoms with Gasteiger partial charge in [0.1, 0.15) is 0 Å². The molecule has 0 bridgehead atoms. The van der Waals surface area contributed by atoms with E-state index in [1.54, 1.807) is 0 Å². The molecule has 4 aromatic rings. The molecule has 2 heterocycles. The van der Waals surface area contributed by atoms with Crippen LogP contribution >= 0.6 is 22.7 Å². The molecule has 0 saturated heterocycles. The van der Waals surface area contributed by atoms with Crippen molar-refractivity contribution < 1.29 is 0 Å². The van der Waals surface area contributed by atoms with Crippen molar-refractivity contribution >= 4 is 42.8 Å². The smallest absolute Gasteiger partial charge is 0.0345 e. The molecule has 0 atom stereocenters. The van der Waals surface area contributed by atoms with E-state index in [1.807, 2.05) is 22.7 Å². The molecular weight excluding hydrogens is 304 g/mol. The van der Waals surface area contributed by atoms with Crippen molar-refractivity contribution in [3.8, 4) is 0 Å². The number of hydrogen-bond acceptors (Lipinski definition) is 2. The molecule has 0 amide bonds. The van der Waals surface area contributed by atoms with Crippen LogP contribution in [-0.2, 0) is 0 Å². The van der Waals surface area contributed by atoms with E-state index in [2.05, 4.69) is 74.5 Å². The maximum Gasteiger partial charge on any atom is 0.0345 e. The fourth-order valence-corrected chi connectivity index (χ4v) is 5.90. The topological polar surface area (TPSA) is 0 Å². The van der Waals surface area contributed by atoms with Gasteiger partial charge in [-0.3, -0.25) is 0 Å². The Hall–Kier alpha value is -1.64. The number of hydrogen-bond donors (Lipinski definition) is 0. The molecule has 0 aliphatic carbocycles. The number of thiophene rings is 2. The van der Waals surface area contributed by atoms with E-state index in [0.29, 0.717) is 11.8 Å². The Balaban J connectivity index is 1.86. The second kappa shape index (κ2) is 5.53. The third kappa shape index (κ3) is 2.37. The van der Waals surface area contributed by atoms with E-state index in [-0.39, 0.29) is 0 Å². The average molecular weight is 322 g/mol. The second-order valence-electron chi connectivity index (χ2n) is 6.09. The van der Waals surface area contributed by atoms with E-state index in [0.717, 1.165) is 0 Å². The minimum absolute atomic E-state index is 0.495. The first-order chi connectivity index (χ1) is 10.7. The van der Waals surface area contributed by atoms with Crippen molar-refractivity contribution in [3.05, 3.63) is 70.4 Å². The lowest BCUT2D eigenvalue weighted by molar-refractivity contribution is 0.579. The summed E-state index contributed by atoms with van der Waals surface area (Å²) in [6, 6.07) is 22.2. The first-order valence-corrected chi connectivity index (χ1v) is 9.32. The van der Waals surface area contributed by atoms with Gasteiger partial charge < -0.3 is 0 Å². The van der Waals surface area contributed by atoms with Crippen molar-refractivity contribution in [1.29, 1.82) is 0 Å². The molecule has 0 spiro atoms. The zero-order valence-corrected chi connectivity index (χ0v) is 14.4. The van der Waals surface area contributed by atoms with Gasteiger partial charge in [-0.2, -0.15) is 0 Å². The summed E-state index contributed by atoms with van der Waals surface area (Å²) in [7, 11) is 0. The van der Waals surface area contributed by atoms with Crippen LogP contribution in [0.25, 0.3) is 20.2 Å². The molecule has 0 radical (unpaired) electrons. The molecule has 2 heteroatoms. The molecule has 0 N–H and O–H groups in total. The van der Waals surface area contributed by atoms with E-state index >= 15 is 0 Å². The van der Waals surface area contributed by atoms with Gasteiger partial charge in [0.05, 0.1) is 0 Å². The Morgan fingerprint density at radius 2 is 1.14 bits per heavy atom. The Morgan fingerprint density at radius 1 is 0.682 bits per heavy atom. The highest BCUT2D eigenvalue weighted by molar-refractivity contribution is 7.20. The predicted molar refractivity (Wildman–Crippen MR) is 100 cm³/mol. The van der Waals surface area contributed by atoms with Gasteiger partial charge in [-0.25, -0.2) is 0 Å². The molecule has 2 aromatic heterocycles. The summed E-state index contributed by atoms with van der Waals surface area (Å²) in [6.07, 6.45) is 0.